The summed E-state index contributed by atoms with van der Waals surface area (Å²) in [5, 5.41) is 3.27. The third-order valence-electron chi connectivity index (χ3n) is 18.3. The summed E-state index contributed by atoms with van der Waals surface area (Å²) in [4.78, 5) is 77.4. The van der Waals surface area contributed by atoms with Gasteiger partial charge in [-0.15, -0.1) is 0 Å². The summed E-state index contributed by atoms with van der Waals surface area (Å²) < 4.78 is 28.8. The molecule has 0 unspecified atom stereocenters. The van der Waals surface area contributed by atoms with E-state index in [9.17, 15) is 27.6 Å². The van der Waals surface area contributed by atoms with E-state index in [0.29, 0.717) is 51.5 Å². The molecular formula is C48H78N4O7S. The zero-order chi connectivity index (χ0) is 43.7. The molecule has 2 saturated heterocycles. The van der Waals surface area contributed by atoms with E-state index < -0.39 is 49.5 Å². The molecule has 2 aliphatic heterocycles. The smallest absolute Gasteiger partial charge is 0.240 e. The maximum Gasteiger partial charge on any atom is 0.240 e. The van der Waals surface area contributed by atoms with Gasteiger partial charge in [0.2, 0.25) is 27.7 Å². The molecule has 0 radical (unpaired) electrons. The van der Waals surface area contributed by atoms with Crippen molar-refractivity contribution in [1.29, 1.82) is 0 Å². The molecule has 2 spiro atoms. The van der Waals surface area contributed by atoms with Crippen LogP contribution in [-0.2, 0) is 34.0 Å². The van der Waals surface area contributed by atoms with Gasteiger partial charge in [-0.05, 0) is 112 Å². The van der Waals surface area contributed by atoms with Crippen LogP contribution in [0, 0.1) is 44.8 Å². The monoisotopic (exact) mass is 855 g/mol. The van der Waals surface area contributed by atoms with Crippen LogP contribution in [0.4, 0.5) is 0 Å². The number of piperidine rings is 1. The number of Topliss-reactive ketones (excluding diaryl/α,β-unsaturated/α-hetero) is 2. The molecule has 7 aliphatic rings. The number of nitrogens with zero attached hydrogens (tertiary/aromatic N) is 2. The Labute approximate surface area is 361 Å². The Morgan fingerprint density at radius 3 is 2.02 bits per heavy atom. The number of hydrogen-bond acceptors (Lipinski definition) is 8. The number of amides is 3. The first-order valence-electron chi connectivity index (χ1n) is 24.2. The highest BCUT2D eigenvalue weighted by molar-refractivity contribution is 7.91. The van der Waals surface area contributed by atoms with Crippen molar-refractivity contribution >= 4 is 39.3 Å². The van der Waals surface area contributed by atoms with Gasteiger partial charge in [0, 0.05) is 30.7 Å². The number of likely N-dealkylation sites (tertiary alicyclic amines) is 2. The summed E-state index contributed by atoms with van der Waals surface area (Å²) in [5.74, 6) is -1.93. The Hall–Kier alpha value is -2.34. The average molecular weight is 855 g/mol. The van der Waals surface area contributed by atoms with Crippen molar-refractivity contribution in [3.05, 3.63) is 0 Å². The van der Waals surface area contributed by atoms with Crippen LogP contribution in [0.25, 0.3) is 0 Å². The standard InChI is InChI=1S/C48H78N4O7S/c1-9-21-45(24-25-45)60(58,59)50-42(57)46(28-33(46)10-2)30-38(54)36-29-48(44(7,8)47(48)22-17-23-47)31-52(36)41(56)34(43(4,5)6)27-37(53)39(32-18-13-12-14-19-32)49-40(55)35-20-15-16-26-51(35)11-3/h32-36,39H,9-31H2,1-8H3,(H,49,55)(H,50,57)/t33-,34-,35+,36+,39+,46-,48-/m1/s1. The van der Waals surface area contributed by atoms with Gasteiger partial charge in [0.15, 0.2) is 11.6 Å². The molecule has 0 bridgehead atoms. The number of carbonyl (C=O) groups is 5. The van der Waals surface area contributed by atoms with Gasteiger partial charge in [-0.25, -0.2) is 8.42 Å². The van der Waals surface area contributed by atoms with Gasteiger partial charge in [0.05, 0.1) is 28.3 Å². The van der Waals surface area contributed by atoms with Gasteiger partial charge in [0.1, 0.15) is 0 Å². The maximum absolute atomic E-state index is 15.4. The third-order valence-corrected chi connectivity index (χ3v) is 20.5. The van der Waals surface area contributed by atoms with E-state index in [1.807, 2.05) is 39.5 Å². The summed E-state index contributed by atoms with van der Waals surface area (Å²) in [6.07, 6.45) is 14.7. The Bertz CT molecular complexity index is 1810. The van der Waals surface area contributed by atoms with Gasteiger partial charge >= 0.3 is 0 Å². The molecule has 3 amide bonds. The number of sulfonamides is 1. The van der Waals surface area contributed by atoms with Crippen LogP contribution in [0.3, 0.4) is 0 Å². The predicted molar refractivity (Wildman–Crippen MR) is 233 cm³/mol. The number of fused-ring (bicyclic) bond motifs is 1. The highest BCUT2D eigenvalue weighted by Crippen LogP contribution is 2.88. The molecule has 0 aromatic rings. The fourth-order valence-corrected chi connectivity index (χ4v) is 15.5. The lowest BCUT2D eigenvalue weighted by Gasteiger charge is -2.38. The van der Waals surface area contributed by atoms with Crippen LogP contribution >= 0.6 is 0 Å². The minimum Gasteiger partial charge on any atom is -0.345 e. The van der Waals surface area contributed by atoms with E-state index >= 15 is 4.79 Å². The van der Waals surface area contributed by atoms with Crippen LogP contribution in [0.15, 0.2) is 0 Å². The first kappa shape index (κ1) is 45.7. The second-order valence-electron chi connectivity index (χ2n) is 22.4. The molecule has 11 nitrogen and oxygen atoms in total. The minimum atomic E-state index is -3.91. The number of likely N-dealkylation sites (N-methyl/N-ethyl adjacent to an activating group) is 1. The molecule has 338 valence electrons. The molecule has 7 rings (SSSR count). The quantitative estimate of drug-likeness (QED) is 0.153. The lowest BCUT2D eigenvalue weighted by atomic mass is 9.73. The Morgan fingerprint density at radius 1 is 0.817 bits per heavy atom. The number of rotatable bonds is 17. The molecule has 5 aliphatic carbocycles. The van der Waals surface area contributed by atoms with Gasteiger partial charge in [-0.1, -0.05) is 100 Å². The summed E-state index contributed by atoms with van der Waals surface area (Å²) in [6, 6.07) is -1.68. The first-order valence-corrected chi connectivity index (χ1v) is 25.7. The molecule has 0 aromatic carbocycles. The highest BCUT2D eigenvalue weighted by atomic mass is 32.2. The fourth-order valence-electron chi connectivity index (χ4n) is 13.8. The largest absolute Gasteiger partial charge is 0.345 e. The van der Waals surface area contributed by atoms with Crippen LogP contribution in [0.5, 0.6) is 0 Å². The zero-order valence-electron chi connectivity index (χ0n) is 38.4. The van der Waals surface area contributed by atoms with Gasteiger partial charge in [-0.3, -0.25) is 33.6 Å². The van der Waals surface area contributed by atoms with Crippen molar-refractivity contribution in [3.8, 4) is 0 Å². The van der Waals surface area contributed by atoms with Crippen molar-refractivity contribution in [1.82, 2.24) is 19.8 Å². The van der Waals surface area contributed by atoms with E-state index in [1.54, 1.807) is 0 Å². The Balaban J connectivity index is 1.15. The number of nitrogens with one attached hydrogen (secondary N) is 2. The normalized spacial score (nSPS) is 32.8. The SMILES string of the molecule is CCCC1(S(=O)(=O)NC(=O)[C@@]2(CC(=O)[C@@H]3C[C@@]4(CN3C(=O)[C@@H](CC(=O)[C@@H](NC(=O)[C@@H]3CCCCN3CC)C3CCCCC3)C(C)(C)C)C(C)(C)C43CCC3)C[C@H]2CC)CC1. The van der Waals surface area contributed by atoms with Crippen LogP contribution < -0.4 is 10.0 Å². The Morgan fingerprint density at radius 2 is 1.48 bits per heavy atom. The predicted octanol–water partition coefficient (Wildman–Crippen LogP) is 7.50. The first-order chi connectivity index (χ1) is 28.2. The zero-order valence-corrected chi connectivity index (χ0v) is 39.2. The summed E-state index contributed by atoms with van der Waals surface area (Å²) in [5.41, 5.74) is -2.00. The van der Waals surface area contributed by atoms with E-state index in [1.165, 1.54) is 0 Å². The lowest BCUT2D eigenvalue weighted by Crippen LogP contribution is -2.56. The molecule has 2 heterocycles. The van der Waals surface area contributed by atoms with Gasteiger partial charge in [-0.2, -0.15) is 0 Å². The molecule has 2 N–H and O–H groups in total. The second-order valence-corrected chi connectivity index (χ2v) is 24.5. The van der Waals surface area contributed by atoms with Crippen LogP contribution in [0.2, 0.25) is 0 Å². The van der Waals surface area contributed by atoms with E-state index in [4.69, 9.17) is 0 Å². The molecule has 7 fully saturated rings. The molecule has 0 aromatic heterocycles. The maximum atomic E-state index is 15.4. The van der Waals surface area contributed by atoms with Crippen molar-refractivity contribution in [3.63, 3.8) is 0 Å². The van der Waals surface area contributed by atoms with Crippen molar-refractivity contribution in [2.45, 2.75) is 207 Å². The van der Waals surface area contributed by atoms with Crippen LogP contribution in [-0.4, -0.2) is 90.0 Å². The summed E-state index contributed by atoms with van der Waals surface area (Å²) >= 11 is 0. The van der Waals surface area contributed by atoms with Gasteiger partial charge in [0.25, 0.3) is 0 Å². The fraction of sp³-hybridized carbons (Fsp3) is 0.896. The number of hydrogen-bond donors (Lipinski definition) is 2. The molecule has 12 heteroatoms. The average Bonchev–Trinajstić information content (AvgIpc) is 4.13. The number of ketones is 2. The lowest BCUT2D eigenvalue weighted by molar-refractivity contribution is -0.147. The van der Waals surface area contributed by atoms with E-state index in [2.05, 4.69) is 35.7 Å². The molecule has 60 heavy (non-hydrogen) atoms. The second kappa shape index (κ2) is 16.3. The summed E-state index contributed by atoms with van der Waals surface area (Å²) in [7, 11) is -3.91. The minimum absolute atomic E-state index is 0.0210. The van der Waals surface area contributed by atoms with Crippen LogP contribution in [0.1, 0.15) is 184 Å². The third kappa shape index (κ3) is 7.52. The summed E-state index contributed by atoms with van der Waals surface area (Å²) in [6.45, 7) is 18.7. The van der Waals surface area contributed by atoms with Crippen molar-refractivity contribution < 1.29 is 32.4 Å². The Kier molecular flexibility index (Phi) is 12.4. The number of carbonyl (C=O) groups excluding carboxylic acids is 5. The molecule has 7 atom stereocenters. The van der Waals surface area contributed by atoms with E-state index in [0.717, 1.165) is 83.7 Å². The van der Waals surface area contributed by atoms with E-state index in [-0.39, 0.29) is 70.3 Å². The molecule has 5 saturated carbocycles. The van der Waals surface area contributed by atoms with Crippen molar-refractivity contribution in [2.75, 3.05) is 19.6 Å². The highest BCUT2D eigenvalue weighted by Gasteiger charge is 2.85. The molecular weight excluding hydrogens is 777 g/mol. The van der Waals surface area contributed by atoms with Gasteiger partial charge < -0.3 is 10.2 Å². The van der Waals surface area contributed by atoms with Crippen molar-refractivity contribution in [2.24, 2.45) is 44.8 Å². The topological polar surface area (TPSA) is 150 Å².